The van der Waals surface area contributed by atoms with E-state index in [-0.39, 0.29) is 0 Å². The molecule has 0 radical (unpaired) electrons. The first-order valence-corrected chi connectivity index (χ1v) is 19.8. The second-order valence-corrected chi connectivity index (χ2v) is 15.0. The van der Waals surface area contributed by atoms with Gasteiger partial charge in [-0.2, -0.15) is 0 Å². The Balaban J connectivity index is 0.939. The molecule has 11 aromatic rings. The van der Waals surface area contributed by atoms with E-state index in [0.717, 1.165) is 33.6 Å². The van der Waals surface area contributed by atoms with Crippen LogP contribution in [0.2, 0.25) is 0 Å². The molecule has 10 aromatic carbocycles. The topological polar surface area (TPSA) is 25.8 Å². The lowest BCUT2D eigenvalue weighted by molar-refractivity contribution is 1.18. The van der Waals surface area contributed by atoms with Crippen LogP contribution < -0.4 is 0 Å². The number of aromatic nitrogens is 2. The fourth-order valence-corrected chi connectivity index (χ4v) is 8.47. The number of hydrogen-bond acceptors (Lipinski definition) is 2. The number of hydrogen-bond donors (Lipinski definition) is 0. The molecule has 0 N–H and O–H groups in total. The van der Waals surface area contributed by atoms with Gasteiger partial charge in [0.25, 0.3) is 0 Å². The second kappa shape index (κ2) is 14.1. The van der Waals surface area contributed by atoms with Crippen LogP contribution in [0.4, 0.5) is 0 Å². The van der Waals surface area contributed by atoms with E-state index >= 15 is 0 Å². The molecule has 270 valence electrons. The van der Waals surface area contributed by atoms with Crippen LogP contribution in [0.1, 0.15) is 0 Å². The Hall–Kier alpha value is -7.68. The van der Waals surface area contributed by atoms with Gasteiger partial charge in [0.15, 0.2) is 5.82 Å². The van der Waals surface area contributed by atoms with E-state index in [1.54, 1.807) is 0 Å². The van der Waals surface area contributed by atoms with Crippen molar-refractivity contribution in [1.29, 1.82) is 0 Å². The quantitative estimate of drug-likeness (QED) is 0.125. The molecule has 2 heteroatoms. The highest BCUT2D eigenvalue weighted by molar-refractivity contribution is 6.20. The fraction of sp³-hybridized carbons (Fsp3) is 0. The molecule has 1 heterocycles. The zero-order chi connectivity index (χ0) is 38.4. The predicted molar refractivity (Wildman–Crippen MR) is 245 cm³/mol. The van der Waals surface area contributed by atoms with Gasteiger partial charge in [-0.15, -0.1) is 0 Å². The molecule has 2 nitrogen and oxygen atoms in total. The lowest BCUT2D eigenvalue weighted by atomic mass is 9.89. The van der Waals surface area contributed by atoms with Crippen LogP contribution >= 0.6 is 0 Å². The van der Waals surface area contributed by atoms with Gasteiger partial charge in [-0.25, -0.2) is 9.97 Å². The first-order valence-electron chi connectivity index (χ1n) is 19.8. The maximum absolute atomic E-state index is 5.08. The van der Waals surface area contributed by atoms with E-state index in [4.69, 9.17) is 9.97 Å². The Bertz CT molecular complexity index is 3300. The van der Waals surface area contributed by atoms with Gasteiger partial charge in [0.2, 0.25) is 0 Å². The van der Waals surface area contributed by atoms with Crippen LogP contribution in [0.5, 0.6) is 0 Å². The Kier molecular flexibility index (Phi) is 8.19. The Labute approximate surface area is 337 Å². The van der Waals surface area contributed by atoms with Gasteiger partial charge in [0.1, 0.15) is 0 Å². The molecule has 0 aliphatic carbocycles. The molecular weight excluding hydrogens is 701 g/mol. The average Bonchev–Trinajstić information content (AvgIpc) is 3.31. The van der Waals surface area contributed by atoms with Crippen LogP contribution in [0.25, 0.3) is 110 Å². The second-order valence-electron chi connectivity index (χ2n) is 15.0. The first kappa shape index (κ1) is 33.6. The lowest BCUT2D eigenvalue weighted by Gasteiger charge is -2.15. The summed E-state index contributed by atoms with van der Waals surface area (Å²) in [5, 5.41) is 10.1. The summed E-state index contributed by atoms with van der Waals surface area (Å²) >= 11 is 0. The minimum Gasteiger partial charge on any atom is -0.228 e. The van der Waals surface area contributed by atoms with Gasteiger partial charge in [0, 0.05) is 16.7 Å². The summed E-state index contributed by atoms with van der Waals surface area (Å²) in [4.78, 5) is 10.1. The van der Waals surface area contributed by atoms with Crippen LogP contribution in [-0.2, 0) is 0 Å². The molecule has 11 rings (SSSR count). The van der Waals surface area contributed by atoms with Crippen molar-refractivity contribution in [3.63, 3.8) is 0 Å². The van der Waals surface area contributed by atoms with Gasteiger partial charge in [0.05, 0.1) is 11.4 Å². The zero-order valence-corrected chi connectivity index (χ0v) is 31.7. The summed E-state index contributed by atoms with van der Waals surface area (Å²) in [6, 6.07) is 78.3. The third-order valence-electron chi connectivity index (χ3n) is 11.5. The molecule has 0 amide bonds. The third kappa shape index (κ3) is 6.09. The zero-order valence-electron chi connectivity index (χ0n) is 31.7. The van der Waals surface area contributed by atoms with Crippen LogP contribution in [0.15, 0.2) is 218 Å². The molecule has 0 atom stereocenters. The third-order valence-corrected chi connectivity index (χ3v) is 11.5. The average molecular weight is 737 g/mol. The standard InChI is InChI=1S/C56H36N2/c1-3-11-37(12-4-1)38-19-23-41(24-20-38)53-36-54(58-56(57-53)43-14-5-2-6-15-43)42-25-21-39(22-26-42)44-27-28-46-34-48(30-29-45(46)33-44)55-50-18-10-8-16-47(50)35-52-49-17-9-7-13-40(49)31-32-51(52)55/h1-36H. The van der Waals surface area contributed by atoms with E-state index < -0.39 is 0 Å². The van der Waals surface area contributed by atoms with E-state index in [1.165, 1.54) is 70.9 Å². The smallest absolute Gasteiger partial charge is 0.160 e. The van der Waals surface area contributed by atoms with Crippen molar-refractivity contribution >= 4 is 43.1 Å². The van der Waals surface area contributed by atoms with E-state index in [0.29, 0.717) is 5.82 Å². The molecule has 0 unspecified atom stereocenters. The molecule has 0 saturated heterocycles. The highest BCUT2D eigenvalue weighted by Gasteiger charge is 2.14. The summed E-state index contributed by atoms with van der Waals surface area (Å²) in [5.74, 6) is 0.711. The monoisotopic (exact) mass is 736 g/mol. The first-order chi connectivity index (χ1) is 28.7. The number of nitrogens with zero attached hydrogens (tertiary/aromatic N) is 2. The predicted octanol–water partition coefficient (Wildman–Crippen LogP) is 15.1. The summed E-state index contributed by atoms with van der Waals surface area (Å²) in [7, 11) is 0. The molecule has 0 bridgehead atoms. The van der Waals surface area contributed by atoms with Gasteiger partial charge >= 0.3 is 0 Å². The SMILES string of the molecule is c1ccc(-c2ccc(-c3cc(-c4ccc(-c5ccc6cc(-c7c8ccccc8cc8c7ccc7ccccc78)ccc6c5)cc4)nc(-c4ccccc4)n3)cc2)cc1. The van der Waals surface area contributed by atoms with Crippen molar-refractivity contribution in [2.45, 2.75) is 0 Å². The molecule has 0 saturated carbocycles. The number of rotatable bonds is 6. The number of fused-ring (bicyclic) bond motifs is 5. The summed E-state index contributed by atoms with van der Waals surface area (Å²) in [6.07, 6.45) is 0. The van der Waals surface area contributed by atoms with Crippen molar-refractivity contribution in [1.82, 2.24) is 9.97 Å². The molecule has 58 heavy (non-hydrogen) atoms. The summed E-state index contributed by atoms with van der Waals surface area (Å²) < 4.78 is 0. The molecule has 0 aliphatic heterocycles. The Morgan fingerprint density at radius 1 is 0.224 bits per heavy atom. The summed E-state index contributed by atoms with van der Waals surface area (Å²) in [5.41, 5.74) is 12.1. The van der Waals surface area contributed by atoms with Crippen molar-refractivity contribution in [2.24, 2.45) is 0 Å². The van der Waals surface area contributed by atoms with Crippen molar-refractivity contribution in [3.05, 3.63) is 218 Å². The van der Waals surface area contributed by atoms with E-state index in [1.807, 2.05) is 24.3 Å². The minimum atomic E-state index is 0.711. The Morgan fingerprint density at radius 3 is 1.36 bits per heavy atom. The molecule has 1 aromatic heterocycles. The normalized spacial score (nSPS) is 11.4. The fourth-order valence-electron chi connectivity index (χ4n) is 8.47. The van der Waals surface area contributed by atoms with Crippen molar-refractivity contribution < 1.29 is 0 Å². The van der Waals surface area contributed by atoms with E-state index in [2.05, 4.69) is 194 Å². The highest BCUT2D eigenvalue weighted by atomic mass is 14.9. The highest BCUT2D eigenvalue weighted by Crippen LogP contribution is 2.41. The molecular formula is C56H36N2. The number of benzene rings is 10. The van der Waals surface area contributed by atoms with Crippen molar-refractivity contribution in [2.75, 3.05) is 0 Å². The Morgan fingerprint density at radius 2 is 0.690 bits per heavy atom. The minimum absolute atomic E-state index is 0.711. The largest absolute Gasteiger partial charge is 0.228 e. The maximum atomic E-state index is 5.08. The maximum Gasteiger partial charge on any atom is 0.160 e. The van der Waals surface area contributed by atoms with Gasteiger partial charge in [-0.1, -0.05) is 194 Å². The van der Waals surface area contributed by atoms with Crippen LogP contribution in [0, 0.1) is 0 Å². The van der Waals surface area contributed by atoms with Crippen molar-refractivity contribution in [3.8, 4) is 67.3 Å². The van der Waals surface area contributed by atoms with Gasteiger partial charge in [-0.3, -0.25) is 0 Å². The summed E-state index contributed by atoms with van der Waals surface area (Å²) in [6.45, 7) is 0. The van der Waals surface area contributed by atoms with Gasteiger partial charge in [-0.05, 0) is 101 Å². The van der Waals surface area contributed by atoms with Crippen LogP contribution in [-0.4, -0.2) is 9.97 Å². The molecule has 0 aliphatic rings. The van der Waals surface area contributed by atoms with Gasteiger partial charge < -0.3 is 0 Å². The molecule has 0 spiro atoms. The van der Waals surface area contributed by atoms with Crippen LogP contribution in [0.3, 0.4) is 0 Å². The van der Waals surface area contributed by atoms with E-state index in [9.17, 15) is 0 Å². The lowest BCUT2D eigenvalue weighted by Crippen LogP contribution is -1.96. The molecule has 0 fully saturated rings.